The predicted molar refractivity (Wildman–Crippen MR) is 105 cm³/mol. The molecule has 8 nitrogen and oxygen atoms in total. The Labute approximate surface area is 162 Å². The molecule has 1 N–H and O–H groups in total. The van der Waals surface area contributed by atoms with Crippen molar-refractivity contribution in [1.29, 1.82) is 0 Å². The zero-order valence-electron chi connectivity index (χ0n) is 15.9. The summed E-state index contributed by atoms with van der Waals surface area (Å²) in [5.74, 6) is 0.0300. The highest BCUT2D eigenvalue weighted by molar-refractivity contribution is 6.02. The lowest BCUT2D eigenvalue weighted by molar-refractivity contribution is -0.116. The summed E-state index contributed by atoms with van der Waals surface area (Å²) in [7, 11) is 4.88. The van der Waals surface area contributed by atoms with Crippen molar-refractivity contribution in [3.05, 3.63) is 60.6 Å². The summed E-state index contributed by atoms with van der Waals surface area (Å²) in [6.07, 6.45) is 4.94. The molecule has 2 amide bonds. The van der Waals surface area contributed by atoms with Crippen molar-refractivity contribution in [3.8, 4) is 17.0 Å². The number of aryl methyl sites for hydroxylation is 1. The average Bonchev–Trinajstić information content (AvgIpc) is 3.09. The van der Waals surface area contributed by atoms with Crippen LogP contribution in [0.5, 0.6) is 5.75 Å². The van der Waals surface area contributed by atoms with Crippen molar-refractivity contribution in [3.63, 3.8) is 0 Å². The topological polar surface area (TPSA) is 89.4 Å². The molecule has 0 radical (unpaired) electrons. The molecule has 0 unspecified atom stereocenters. The van der Waals surface area contributed by atoms with Crippen LogP contribution in [-0.2, 0) is 11.8 Å². The summed E-state index contributed by atoms with van der Waals surface area (Å²) in [6.45, 7) is -0.0998. The van der Waals surface area contributed by atoms with Gasteiger partial charge in [-0.05, 0) is 24.3 Å². The fraction of sp³-hybridized carbons (Fsp3) is 0.200. The van der Waals surface area contributed by atoms with Crippen LogP contribution in [0, 0.1) is 0 Å². The highest BCUT2D eigenvalue weighted by Crippen LogP contribution is 2.22. The van der Waals surface area contributed by atoms with Gasteiger partial charge in [-0.1, -0.05) is 6.07 Å². The Morgan fingerprint density at radius 3 is 2.79 bits per heavy atom. The van der Waals surface area contributed by atoms with Gasteiger partial charge in [-0.15, -0.1) is 0 Å². The van der Waals surface area contributed by atoms with Crippen LogP contribution in [0.1, 0.15) is 10.4 Å². The molecule has 2 heterocycles. The van der Waals surface area contributed by atoms with Crippen LogP contribution >= 0.6 is 0 Å². The second-order valence-corrected chi connectivity index (χ2v) is 6.25. The molecule has 8 heteroatoms. The third-order valence-electron chi connectivity index (χ3n) is 4.08. The standard InChI is InChI=1S/C20H21N5O3/c1-24(13-18(26)22-15-7-4-8-16(10-15)28-3)20(27)17-12-25(2)23-19(17)14-6-5-9-21-11-14/h4-12H,13H2,1-3H3,(H,22,26). The van der Waals surface area contributed by atoms with Gasteiger partial charge in [0.1, 0.15) is 11.4 Å². The molecule has 2 aromatic heterocycles. The fourth-order valence-electron chi connectivity index (χ4n) is 2.76. The molecule has 144 valence electrons. The van der Waals surface area contributed by atoms with Gasteiger partial charge in [-0.25, -0.2) is 0 Å². The van der Waals surface area contributed by atoms with Crippen LogP contribution in [0.2, 0.25) is 0 Å². The Bertz CT molecular complexity index is 985. The van der Waals surface area contributed by atoms with Gasteiger partial charge in [-0.3, -0.25) is 19.3 Å². The van der Waals surface area contributed by atoms with E-state index in [2.05, 4.69) is 15.4 Å². The molecule has 0 aliphatic heterocycles. The van der Waals surface area contributed by atoms with E-state index in [-0.39, 0.29) is 18.4 Å². The van der Waals surface area contributed by atoms with Gasteiger partial charge in [0.05, 0.1) is 19.2 Å². The first-order valence-corrected chi connectivity index (χ1v) is 8.61. The highest BCUT2D eigenvalue weighted by Gasteiger charge is 2.22. The molecule has 0 saturated carbocycles. The van der Waals surface area contributed by atoms with E-state index >= 15 is 0 Å². The second kappa shape index (κ2) is 8.34. The van der Waals surface area contributed by atoms with Crippen LogP contribution in [0.3, 0.4) is 0 Å². The van der Waals surface area contributed by atoms with E-state index < -0.39 is 0 Å². The SMILES string of the molecule is COc1cccc(NC(=O)CN(C)C(=O)c2cn(C)nc2-c2cccnc2)c1. The molecule has 0 aliphatic rings. The number of carbonyl (C=O) groups is 2. The maximum absolute atomic E-state index is 12.9. The smallest absolute Gasteiger partial charge is 0.257 e. The van der Waals surface area contributed by atoms with Crippen LogP contribution in [0.15, 0.2) is 55.0 Å². The number of nitrogens with one attached hydrogen (secondary N) is 1. The van der Waals surface area contributed by atoms with Crippen molar-refractivity contribution in [2.45, 2.75) is 0 Å². The molecule has 1 aromatic carbocycles. The number of rotatable bonds is 6. The maximum atomic E-state index is 12.9. The van der Waals surface area contributed by atoms with E-state index in [0.717, 1.165) is 5.56 Å². The first kappa shape index (κ1) is 19.1. The number of likely N-dealkylation sites (N-methyl/N-ethyl adjacent to an activating group) is 1. The molecule has 0 fully saturated rings. The lowest BCUT2D eigenvalue weighted by Gasteiger charge is -2.17. The Hall–Kier alpha value is -3.68. The van der Waals surface area contributed by atoms with Crippen LogP contribution in [0.25, 0.3) is 11.3 Å². The van der Waals surface area contributed by atoms with E-state index in [1.807, 2.05) is 6.07 Å². The molecule has 0 bridgehead atoms. The van der Waals surface area contributed by atoms with E-state index in [1.54, 1.807) is 74.8 Å². The lowest BCUT2D eigenvalue weighted by atomic mass is 10.1. The quantitative estimate of drug-likeness (QED) is 0.709. The molecular weight excluding hydrogens is 358 g/mol. The predicted octanol–water partition coefficient (Wildman–Crippen LogP) is 2.20. The zero-order chi connectivity index (χ0) is 20.1. The van der Waals surface area contributed by atoms with Gasteiger partial charge in [0.25, 0.3) is 5.91 Å². The normalized spacial score (nSPS) is 10.4. The van der Waals surface area contributed by atoms with E-state index in [0.29, 0.717) is 22.7 Å². The Kier molecular flexibility index (Phi) is 5.69. The average molecular weight is 379 g/mol. The van der Waals surface area contributed by atoms with Gasteiger partial charge >= 0.3 is 0 Å². The summed E-state index contributed by atoms with van der Waals surface area (Å²) in [5, 5.41) is 7.13. The third kappa shape index (κ3) is 4.35. The Morgan fingerprint density at radius 1 is 1.25 bits per heavy atom. The van der Waals surface area contributed by atoms with Gasteiger partial charge in [0.15, 0.2) is 0 Å². The largest absolute Gasteiger partial charge is 0.497 e. The van der Waals surface area contributed by atoms with Gasteiger partial charge < -0.3 is 15.0 Å². The second-order valence-electron chi connectivity index (χ2n) is 6.25. The number of hydrogen-bond acceptors (Lipinski definition) is 5. The first-order chi connectivity index (χ1) is 13.5. The lowest BCUT2D eigenvalue weighted by Crippen LogP contribution is -2.35. The van der Waals surface area contributed by atoms with Crippen molar-refractivity contribution in [2.24, 2.45) is 7.05 Å². The summed E-state index contributed by atoms with van der Waals surface area (Å²) in [6, 6.07) is 10.6. The number of aromatic nitrogens is 3. The van der Waals surface area contributed by atoms with Gasteiger partial charge in [0.2, 0.25) is 5.91 Å². The number of carbonyl (C=O) groups excluding carboxylic acids is 2. The minimum absolute atomic E-state index is 0.0998. The molecule has 0 atom stereocenters. The number of ether oxygens (including phenoxy) is 1. The van der Waals surface area contributed by atoms with Gasteiger partial charge in [0, 0.05) is 50.0 Å². The van der Waals surface area contributed by atoms with Crippen molar-refractivity contribution < 1.29 is 14.3 Å². The number of benzene rings is 1. The third-order valence-corrected chi connectivity index (χ3v) is 4.08. The minimum Gasteiger partial charge on any atom is -0.497 e. The summed E-state index contributed by atoms with van der Waals surface area (Å²) < 4.78 is 6.71. The van der Waals surface area contributed by atoms with Crippen LogP contribution < -0.4 is 10.1 Å². The first-order valence-electron chi connectivity index (χ1n) is 8.61. The summed E-state index contributed by atoms with van der Waals surface area (Å²) in [4.78, 5) is 30.7. The number of pyridine rings is 1. The molecule has 0 saturated heterocycles. The molecule has 0 aliphatic carbocycles. The minimum atomic E-state index is -0.309. The highest BCUT2D eigenvalue weighted by atomic mass is 16.5. The molecular formula is C20H21N5O3. The number of nitrogens with zero attached hydrogens (tertiary/aromatic N) is 4. The summed E-state index contributed by atoms with van der Waals surface area (Å²) >= 11 is 0. The van der Waals surface area contributed by atoms with E-state index in [4.69, 9.17) is 4.74 Å². The van der Waals surface area contributed by atoms with Crippen molar-refractivity contribution in [1.82, 2.24) is 19.7 Å². The van der Waals surface area contributed by atoms with Gasteiger partial charge in [-0.2, -0.15) is 5.10 Å². The van der Waals surface area contributed by atoms with E-state index in [9.17, 15) is 9.59 Å². The number of hydrogen-bond donors (Lipinski definition) is 1. The van der Waals surface area contributed by atoms with Crippen molar-refractivity contribution in [2.75, 3.05) is 26.0 Å². The van der Waals surface area contributed by atoms with E-state index in [1.165, 1.54) is 4.90 Å². The summed E-state index contributed by atoms with van der Waals surface area (Å²) in [5.41, 5.74) is 2.27. The number of anilines is 1. The Morgan fingerprint density at radius 2 is 2.07 bits per heavy atom. The van der Waals surface area contributed by atoms with Crippen LogP contribution in [0.4, 0.5) is 5.69 Å². The fourth-order valence-corrected chi connectivity index (χ4v) is 2.76. The van der Waals surface area contributed by atoms with Crippen molar-refractivity contribution >= 4 is 17.5 Å². The molecule has 3 rings (SSSR count). The zero-order valence-corrected chi connectivity index (χ0v) is 15.9. The molecule has 28 heavy (non-hydrogen) atoms. The number of methoxy groups -OCH3 is 1. The molecule has 3 aromatic rings. The maximum Gasteiger partial charge on any atom is 0.257 e. The monoisotopic (exact) mass is 379 g/mol. The number of amides is 2. The Balaban J connectivity index is 1.72. The molecule has 0 spiro atoms. The van der Waals surface area contributed by atoms with Crippen LogP contribution in [-0.4, -0.2) is 52.2 Å².